The SMILES string of the molecule is CC(N)C(=O)Nc1cccc(CN2CCSCC2)c1.Cl. The summed E-state index contributed by atoms with van der Waals surface area (Å²) in [5.74, 6) is 2.27. The first-order chi connectivity index (χ1) is 9.15. The highest BCUT2D eigenvalue weighted by Gasteiger charge is 2.11. The zero-order valence-electron chi connectivity index (χ0n) is 11.7. The molecule has 0 bridgehead atoms. The van der Waals surface area contributed by atoms with Crippen LogP contribution in [0.25, 0.3) is 0 Å². The Kier molecular flexibility index (Phi) is 7.37. The summed E-state index contributed by atoms with van der Waals surface area (Å²) in [5.41, 5.74) is 7.60. The molecule has 2 rings (SSSR count). The number of thioether (sulfide) groups is 1. The summed E-state index contributed by atoms with van der Waals surface area (Å²) in [5, 5.41) is 2.83. The van der Waals surface area contributed by atoms with Gasteiger partial charge in [0.1, 0.15) is 0 Å². The van der Waals surface area contributed by atoms with E-state index >= 15 is 0 Å². The van der Waals surface area contributed by atoms with Gasteiger partial charge in [-0.25, -0.2) is 0 Å². The number of carbonyl (C=O) groups is 1. The first-order valence-corrected chi connectivity index (χ1v) is 7.76. The Labute approximate surface area is 130 Å². The van der Waals surface area contributed by atoms with Crippen molar-refractivity contribution < 1.29 is 4.79 Å². The lowest BCUT2D eigenvalue weighted by Gasteiger charge is -2.26. The Bertz CT molecular complexity index is 436. The van der Waals surface area contributed by atoms with Gasteiger partial charge in [0, 0.05) is 36.8 Å². The van der Waals surface area contributed by atoms with Crippen molar-refractivity contribution in [2.45, 2.75) is 19.5 Å². The number of anilines is 1. The summed E-state index contributed by atoms with van der Waals surface area (Å²) in [7, 11) is 0. The van der Waals surface area contributed by atoms with E-state index in [4.69, 9.17) is 5.73 Å². The summed E-state index contributed by atoms with van der Waals surface area (Å²) >= 11 is 2.01. The van der Waals surface area contributed by atoms with Gasteiger partial charge in [0.2, 0.25) is 5.91 Å². The Balaban J connectivity index is 0.00000200. The smallest absolute Gasteiger partial charge is 0.240 e. The lowest BCUT2D eigenvalue weighted by Crippen LogP contribution is -2.33. The van der Waals surface area contributed by atoms with E-state index in [-0.39, 0.29) is 18.3 Å². The van der Waals surface area contributed by atoms with E-state index in [0.717, 1.165) is 25.3 Å². The van der Waals surface area contributed by atoms with Crippen LogP contribution in [0.3, 0.4) is 0 Å². The van der Waals surface area contributed by atoms with Gasteiger partial charge in [-0.2, -0.15) is 11.8 Å². The maximum atomic E-state index is 11.6. The monoisotopic (exact) mass is 315 g/mol. The molecular weight excluding hydrogens is 294 g/mol. The number of rotatable bonds is 4. The van der Waals surface area contributed by atoms with Crippen molar-refractivity contribution in [3.05, 3.63) is 29.8 Å². The molecule has 0 aromatic heterocycles. The zero-order chi connectivity index (χ0) is 13.7. The van der Waals surface area contributed by atoms with E-state index in [1.54, 1.807) is 6.92 Å². The molecule has 1 amide bonds. The molecule has 1 heterocycles. The van der Waals surface area contributed by atoms with Gasteiger partial charge in [-0.3, -0.25) is 9.69 Å². The topological polar surface area (TPSA) is 58.4 Å². The zero-order valence-corrected chi connectivity index (χ0v) is 13.3. The predicted molar refractivity (Wildman–Crippen MR) is 88.6 cm³/mol. The van der Waals surface area contributed by atoms with Crippen LogP contribution in [-0.2, 0) is 11.3 Å². The Hall–Kier alpha value is -0.750. The first-order valence-electron chi connectivity index (χ1n) is 6.60. The van der Waals surface area contributed by atoms with Crippen LogP contribution in [0.5, 0.6) is 0 Å². The molecule has 20 heavy (non-hydrogen) atoms. The molecule has 1 aliphatic heterocycles. The minimum atomic E-state index is -0.484. The fraction of sp³-hybridized carbons (Fsp3) is 0.500. The van der Waals surface area contributed by atoms with Gasteiger partial charge in [-0.15, -0.1) is 12.4 Å². The van der Waals surface area contributed by atoms with E-state index in [2.05, 4.69) is 16.3 Å². The largest absolute Gasteiger partial charge is 0.325 e. The maximum absolute atomic E-state index is 11.6. The van der Waals surface area contributed by atoms with E-state index in [0.29, 0.717) is 0 Å². The second-order valence-electron chi connectivity index (χ2n) is 4.87. The van der Waals surface area contributed by atoms with Crippen LogP contribution >= 0.6 is 24.2 Å². The van der Waals surface area contributed by atoms with Crippen LogP contribution in [0, 0.1) is 0 Å². The Morgan fingerprint density at radius 2 is 2.15 bits per heavy atom. The number of hydrogen-bond acceptors (Lipinski definition) is 4. The van der Waals surface area contributed by atoms with Crippen LogP contribution in [0.4, 0.5) is 5.69 Å². The van der Waals surface area contributed by atoms with Gasteiger partial charge in [0.25, 0.3) is 0 Å². The molecule has 6 heteroatoms. The highest BCUT2D eigenvalue weighted by molar-refractivity contribution is 7.99. The van der Waals surface area contributed by atoms with Crippen molar-refractivity contribution in [2.24, 2.45) is 5.73 Å². The molecule has 4 nitrogen and oxygen atoms in total. The normalized spacial score (nSPS) is 17.1. The average molecular weight is 316 g/mol. The summed E-state index contributed by atoms with van der Waals surface area (Å²) in [6, 6.07) is 7.52. The second kappa shape index (κ2) is 8.52. The Morgan fingerprint density at radius 1 is 1.45 bits per heavy atom. The number of nitrogens with two attached hydrogens (primary N) is 1. The van der Waals surface area contributed by atoms with Crippen LogP contribution in [-0.4, -0.2) is 41.4 Å². The van der Waals surface area contributed by atoms with Crippen LogP contribution in [0.15, 0.2) is 24.3 Å². The van der Waals surface area contributed by atoms with E-state index in [1.165, 1.54) is 17.1 Å². The van der Waals surface area contributed by atoms with Crippen molar-refractivity contribution in [3.63, 3.8) is 0 Å². The number of hydrogen-bond donors (Lipinski definition) is 2. The van der Waals surface area contributed by atoms with Crippen molar-refractivity contribution in [1.29, 1.82) is 0 Å². The molecule has 0 saturated carbocycles. The van der Waals surface area contributed by atoms with Gasteiger partial charge in [0.05, 0.1) is 6.04 Å². The van der Waals surface area contributed by atoms with Crippen molar-refractivity contribution in [1.82, 2.24) is 4.90 Å². The molecule has 1 aliphatic rings. The van der Waals surface area contributed by atoms with Gasteiger partial charge < -0.3 is 11.1 Å². The Morgan fingerprint density at radius 3 is 2.80 bits per heavy atom. The predicted octanol–water partition coefficient (Wildman–Crippen LogP) is 1.94. The lowest BCUT2D eigenvalue weighted by molar-refractivity contribution is -0.117. The third-order valence-corrected chi connectivity index (χ3v) is 4.06. The molecule has 1 aromatic carbocycles. The standard InChI is InChI=1S/C14H21N3OS.ClH/c1-11(15)14(18)16-13-4-2-3-12(9-13)10-17-5-7-19-8-6-17;/h2-4,9,11H,5-8,10,15H2,1H3,(H,16,18);1H. The van der Waals surface area contributed by atoms with Crippen LogP contribution in [0.2, 0.25) is 0 Å². The van der Waals surface area contributed by atoms with Gasteiger partial charge in [-0.1, -0.05) is 12.1 Å². The summed E-state index contributed by atoms with van der Waals surface area (Å²) in [6.45, 7) is 4.91. The molecule has 0 aliphatic carbocycles. The molecule has 3 N–H and O–H groups in total. The number of carbonyl (C=O) groups excluding carboxylic acids is 1. The van der Waals surface area contributed by atoms with Gasteiger partial charge in [-0.05, 0) is 24.6 Å². The average Bonchev–Trinajstić information content (AvgIpc) is 2.40. The molecule has 1 atom stereocenters. The number of nitrogens with zero attached hydrogens (tertiary/aromatic N) is 1. The summed E-state index contributed by atoms with van der Waals surface area (Å²) in [4.78, 5) is 14.0. The van der Waals surface area contributed by atoms with E-state index in [1.807, 2.05) is 30.0 Å². The molecular formula is C14H22ClN3OS. The van der Waals surface area contributed by atoms with E-state index in [9.17, 15) is 4.79 Å². The molecule has 0 spiro atoms. The summed E-state index contributed by atoms with van der Waals surface area (Å²) < 4.78 is 0. The second-order valence-corrected chi connectivity index (χ2v) is 6.09. The van der Waals surface area contributed by atoms with E-state index < -0.39 is 6.04 Å². The van der Waals surface area contributed by atoms with Crippen LogP contribution in [0.1, 0.15) is 12.5 Å². The van der Waals surface area contributed by atoms with Crippen molar-refractivity contribution >= 4 is 35.8 Å². The van der Waals surface area contributed by atoms with Crippen molar-refractivity contribution in [3.8, 4) is 0 Å². The number of benzene rings is 1. The fourth-order valence-corrected chi connectivity index (χ4v) is 3.00. The van der Waals surface area contributed by atoms with Gasteiger partial charge >= 0.3 is 0 Å². The third-order valence-electron chi connectivity index (χ3n) is 3.12. The molecule has 1 fully saturated rings. The third kappa shape index (κ3) is 5.32. The highest BCUT2D eigenvalue weighted by atomic mass is 35.5. The fourth-order valence-electron chi connectivity index (χ4n) is 2.02. The van der Waals surface area contributed by atoms with Crippen LogP contribution < -0.4 is 11.1 Å². The van der Waals surface area contributed by atoms with Crippen molar-refractivity contribution in [2.75, 3.05) is 29.9 Å². The molecule has 1 aromatic rings. The summed E-state index contributed by atoms with van der Waals surface area (Å²) in [6.07, 6.45) is 0. The van der Waals surface area contributed by atoms with Gasteiger partial charge in [0.15, 0.2) is 0 Å². The quantitative estimate of drug-likeness (QED) is 0.891. The first kappa shape index (κ1) is 17.3. The minimum Gasteiger partial charge on any atom is -0.325 e. The highest BCUT2D eigenvalue weighted by Crippen LogP contribution is 2.16. The molecule has 1 unspecified atom stereocenters. The maximum Gasteiger partial charge on any atom is 0.240 e. The lowest BCUT2D eigenvalue weighted by atomic mass is 10.2. The number of halogens is 1. The molecule has 0 radical (unpaired) electrons. The minimum absolute atomic E-state index is 0. The molecule has 1 saturated heterocycles. The number of nitrogens with one attached hydrogen (secondary N) is 1. The number of amides is 1. The molecule has 112 valence electrons.